The second-order valence-electron chi connectivity index (χ2n) is 5.24. The summed E-state index contributed by atoms with van der Waals surface area (Å²) in [4.78, 5) is 12.9. The average molecular weight is 264 g/mol. The molecule has 2 atom stereocenters. The van der Waals surface area contributed by atoms with Crippen molar-refractivity contribution in [2.75, 3.05) is 6.54 Å². The zero-order chi connectivity index (χ0) is 13.8. The maximum Gasteiger partial charge on any atom is 0.273 e. The van der Waals surface area contributed by atoms with Crippen molar-refractivity contribution >= 4 is 5.69 Å². The largest absolute Gasteiger partial charge is 0.393 e. The molecular weight excluding hydrogens is 244 g/mol. The van der Waals surface area contributed by atoms with Crippen molar-refractivity contribution in [2.45, 2.75) is 44.9 Å². The Morgan fingerprint density at radius 3 is 2.95 bits per heavy atom. The Labute approximate surface area is 113 Å². The Hall–Kier alpha value is -1.46. The van der Waals surface area contributed by atoms with Crippen LogP contribution in [-0.4, -0.2) is 33.6 Å². The molecule has 19 heavy (non-hydrogen) atoms. The van der Waals surface area contributed by atoms with Gasteiger partial charge in [0.15, 0.2) is 0 Å². The van der Waals surface area contributed by atoms with E-state index in [9.17, 15) is 15.2 Å². The zero-order valence-electron chi connectivity index (χ0n) is 11.2. The Morgan fingerprint density at radius 2 is 2.26 bits per heavy atom. The molecule has 0 spiro atoms. The van der Waals surface area contributed by atoms with Crippen molar-refractivity contribution in [3.63, 3.8) is 0 Å². The minimum Gasteiger partial charge on any atom is -0.393 e. The lowest BCUT2D eigenvalue weighted by Crippen LogP contribution is -2.31. The van der Waals surface area contributed by atoms with Gasteiger partial charge in [0.05, 0.1) is 11.0 Å². The number of hydrogen-bond acceptors (Lipinski definition) is 4. The smallest absolute Gasteiger partial charge is 0.273 e. The third-order valence-corrected chi connectivity index (χ3v) is 3.67. The standard InChI is InChI=1S/C14H20N2O3/c1-11(17)9-13-6-4-8-15(13)10-12-5-2-3-7-14(12)16(18)19/h2-3,5,7,11,13,17H,4,6,8-10H2,1H3. The van der Waals surface area contributed by atoms with Crippen LogP contribution in [-0.2, 0) is 6.54 Å². The fraction of sp³-hybridized carbons (Fsp3) is 0.571. The number of benzene rings is 1. The summed E-state index contributed by atoms with van der Waals surface area (Å²) in [6.45, 7) is 3.33. The normalized spacial score (nSPS) is 21.5. The molecule has 2 rings (SSSR count). The lowest BCUT2D eigenvalue weighted by atomic mass is 10.1. The van der Waals surface area contributed by atoms with Crippen LogP contribution >= 0.6 is 0 Å². The number of para-hydroxylation sites is 1. The van der Waals surface area contributed by atoms with Crippen LogP contribution in [0.3, 0.4) is 0 Å². The first-order chi connectivity index (χ1) is 9.08. The van der Waals surface area contributed by atoms with E-state index in [2.05, 4.69) is 4.90 Å². The van der Waals surface area contributed by atoms with Crippen LogP contribution in [0.5, 0.6) is 0 Å². The topological polar surface area (TPSA) is 66.6 Å². The van der Waals surface area contributed by atoms with Crippen LogP contribution in [0.25, 0.3) is 0 Å². The molecule has 0 radical (unpaired) electrons. The van der Waals surface area contributed by atoms with Gasteiger partial charge in [-0.3, -0.25) is 15.0 Å². The highest BCUT2D eigenvalue weighted by Crippen LogP contribution is 2.26. The summed E-state index contributed by atoms with van der Waals surface area (Å²) in [6.07, 6.45) is 2.57. The Bertz CT molecular complexity index is 448. The Morgan fingerprint density at radius 1 is 1.53 bits per heavy atom. The third kappa shape index (κ3) is 3.52. The van der Waals surface area contributed by atoms with Crippen LogP contribution in [0, 0.1) is 10.1 Å². The summed E-state index contributed by atoms with van der Waals surface area (Å²) < 4.78 is 0. The molecule has 1 heterocycles. The molecule has 1 aromatic carbocycles. The molecule has 5 nitrogen and oxygen atoms in total. The van der Waals surface area contributed by atoms with Crippen molar-refractivity contribution in [1.82, 2.24) is 4.90 Å². The van der Waals surface area contributed by atoms with Crippen LogP contribution in [0.15, 0.2) is 24.3 Å². The first-order valence-corrected chi connectivity index (χ1v) is 6.72. The van der Waals surface area contributed by atoms with Gasteiger partial charge < -0.3 is 5.11 Å². The number of nitro groups is 1. The molecule has 1 fully saturated rings. The molecule has 1 aliphatic heterocycles. The van der Waals surface area contributed by atoms with E-state index in [1.54, 1.807) is 19.1 Å². The van der Waals surface area contributed by atoms with E-state index in [0.29, 0.717) is 12.6 Å². The van der Waals surface area contributed by atoms with Crippen molar-refractivity contribution < 1.29 is 10.0 Å². The number of rotatable bonds is 5. The van der Waals surface area contributed by atoms with E-state index in [1.165, 1.54) is 0 Å². The van der Waals surface area contributed by atoms with Crippen LogP contribution in [0.1, 0.15) is 31.7 Å². The molecule has 0 aliphatic carbocycles. The highest BCUT2D eigenvalue weighted by molar-refractivity contribution is 5.39. The van der Waals surface area contributed by atoms with Gasteiger partial charge in [0.1, 0.15) is 0 Å². The van der Waals surface area contributed by atoms with Gasteiger partial charge in [0.25, 0.3) is 5.69 Å². The summed E-state index contributed by atoms with van der Waals surface area (Å²) >= 11 is 0. The summed E-state index contributed by atoms with van der Waals surface area (Å²) in [5.74, 6) is 0. The Kier molecular flexibility index (Phi) is 4.50. The molecule has 0 bridgehead atoms. The summed E-state index contributed by atoms with van der Waals surface area (Å²) in [5, 5.41) is 20.5. The van der Waals surface area contributed by atoms with E-state index < -0.39 is 0 Å². The van der Waals surface area contributed by atoms with E-state index in [4.69, 9.17) is 0 Å². The first kappa shape index (κ1) is 14.0. The van der Waals surface area contributed by atoms with Crippen LogP contribution < -0.4 is 0 Å². The van der Waals surface area contributed by atoms with Crippen LogP contribution in [0.4, 0.5) is 5.69 Å². The van der Waals surface area contributed by atoms with E-state index in [1.807, 2.05) is 12.1 Å². The predicted molar refractivity (Wildman–Crippen MR) is 72.8 cm³/mol. The molecule has 1 saturated heterocycles. The van der Waals surface area contributed by atoms with Crippen molar-refractivity contribution in [3.05, 3.63) is 39.9 Å². The molecule has 5 heteroatoms. The van der Waals surface area contributed by atoms with Gasteiger partial charge in [-0.2, -0.15) is 0 Å². The van der Waals surface area contributed by atoms with E-state index in [-0.39, 0.29) is 16.7 Å². The minimum atomic E-state index is -0.324. The minimum absolute atomic E-state index is 0.185. The van der Waals surface area contributed by atoms with E-state index in [0.717, 1.165) is 31.4 Å². The summed E-state index contributed by atoms with van der Waals surface area (Å²) in [6, 6.07) is 7.23. The number of aliphatic hydroxyl groups is 1. The molecule has 0 aromatic heterocycles. The average Bonchev–Trinajstić information content (AvgIpc) is 2.76. The molecule has 104 valence electrons. The van der Waals surface area contributed by atoms with Gasteiger partial charge in [-0.15, -0.1) is 0 Å². The highest BCUT2D eigenvalue weighted by Gasteiger charge is 2.27. The van der Waals surface area contributed by atoms with Crippen molar-refractivity contribution in [2.24, 2.45) is 0 Å². The second-order valence-corrected chi connectivity index (χ2v) is 5.24. The Balaban J connectivity index is 2.10. The highest BCUT2D eigenvalue weighted by atomic mass is 16.6. The van der Waals surface area contributed by atoms with E-state index >= 15 is 0 Å². The number of nitro benzene ring substituents is 1. The fourth-order valence-electron chi connectivity index (χ4n) is 2.81. The lowest BCUT2D eigenvalue weighted by Gasteiger charge is -2.25. The maximum absolute atomic E-state index is 11.0. The molecule has 1 N–H and O–H groups in total. The quantitative estimate of drug-likeness (QED) is 0.654. The monoisotopic (exact) mass is 264 g/mol. The van der Waals surface area contributed by atoms with Gasteiger partial charge in [0.2, 0.25) is 0 Å². The maximum atomic E-state index is 11.0. The zero-order valence-corrected chi connectivity index (χ0v) is 11.2. The van der Waals surface area contributed by atoms with Gasteiger partial charge in [-0.05, 0) is 32.7 Å². The van der Waals surface area contributed by atoms with Gasteiger partial charge in [-0.25, -0.2) is 0 Å². The summed E-state index contributed by atoms with van der Waals surface area (Å²) in [5.41, 5.74) is 0.940. The molecular formula is C14H20N2O3. The third-order valence-electron chi connectivity index (χ3n) is 3.67. The lowest BCUT2D eigenvalue weighted by molar-refractivity contribution is -0.385. The molecule has 2 unspecified atom stereocenters. The SMILES string of the molecule is CC(O)CC1CCCN1Cc1ccccc1[N+](=O)[O-]. The van der Waals surface area contributed by atoms with Gasteiger partial charge in [-0.1, -0.05) is 18.2 Å². The number of hydrogen-bond donors (Lipinski definition) is 1. The second kappa shape index (κ2) is 6.12. The number of nitrogens with zero attached hydrogens (tertiary/aromatic N) is 2. The van der Waals surface area contributed by atoms with Crippen molar-refractivity contribution in [1.29, 1.82) is 0 Å². The number of likely N-dealkylation sites (tertiary alicyclic amines) is 1. The number of aliphatic hydroxyl groups excluding tert-OH is 1. The first-order valence-electron chi connectivity index (χ1n) is 6.72. The summed E-state index contributed by atoms with van der Waals surface area (Å²) in [7, 11) is 0. The van der Waals surface area contributed by atoms with Crippen LogP contribution in [0.2, 0.25) is 0 Å². The fourth-order valence-corrected chi connectivity index (χ4v) is 2.81. The predicted octanol–water partition coefficient (Wildman–Crippen LogP) is 2.33. The molecule has 0 amide bonds. The molecule has 1 aliphatic rings. The molecule has 1 aromatic rings. The van der Waals surface area contributed by atoms with Gasteiger partial charge >= 0.3 is 0 Å². The van der Waals surface area contributed by atoms with Gasteiger partial charge in [0, 0.05) is 24.2 Å². The van der Waals surface area contributed by atoms with Crippen molar-refractivity contribution in [3.8, 4) is 0 Å². The molecule has 0 saturated carbocycles.